The second-order valence-corrected chi connectivity index (χ2v) is 6.46. The van der Waals surface area contributed by atoms with Crippen LogP contribution in [0.1, 0.15) is 23.6 Å². The number of aromatic hydroxyl groups is 1. The lowest BCUT2D eigenvalue weighted by Gasteiger charge is -2.09. The molecule has 1 aromatic heterocycles. The fourth-order valence-corrected chi connectivity index (χ4v) is 2.96. The number of fused-ring (bicyclic) bond motifs is 1. The molecule has 156 valence electrons. The molecule has 0 aliphatic heterocycles. The predicted molar refractivity (Wildman–Crippen MR) is 112 cm³/mol. The van der Waals surface area contributed by atoms with Crippen molar-refractivity contribution in [1.29, 1.82) is 0 Å². The van der Waals surface area contributed by atoms with Gasteiger partial charge in [-0.05, 0) is 49.8 Å². The van der Waals surface area contributed by atoms with Crippen molar-refractivity contribution in [2.75, 3.05) is 13.7 Å². The van der Waals surface area contributed by atoms with E-state index in [0.29, 0.717) is 34.6 Å². The van der Waals surface area contributed by atoms with Gasteiger partial charge in [-0.25, -0.2) is 9.59 Å². The third kappa shape index (κ3) is 4.63. The summed E-state index contributed by atoms with van der Waals surface area (Å²) in [6.45, 7) is 3.89. The fraction of sp³-hybridized carbons (Fsp3) is 0.217. The summed E-state index contributed by atoms with van der Waals surface area (Å²) in [6, 6.07) is 9.69. The van der Waals surface area contributed by atoms with Gasteiger partial charge in [0.25, 0.3) is 0 Å². The van der Waals surface area contributed by atoms with Gasteiger partial charge in [-0.1, -0.05) is 6.07 Å². The molecule has 0 atom stereocenters. The summed E-state index contributed by atoms with van der Waals surface area (Å²) in [4.78, 5) is 24.0. The van der Waals surface area contributed by atoms with Gasteiger partial charge in [0, 0.05) is 28.7 Å². The summed E-state index contributed by atoms with van der Waals surface area (Å²) in [7, 11) is 1.56. The quantitative estimate of drug-likeness (QED) is 0.358. The number of carbonyl (C=O) groups excluding carboxylic acids is 1. The molecule has 3 rings (SSSR count). The van der Waals surface area contributed by atoms with Crippen LogP contribution < -0.4 is 15.1 Å². The van der Waals surface area contributed by atoms with Crippen molar-refractivity contribution in [3.63, 3.8) is 0 Å². The van der Waals surface area contributed by atoms with Crippen LogP contribution >= 0.6 is 0 Å². The summed E-state index contributed by atoms with van der Waals surface area (Å²) < 4.78 is 21.2. The van der Waals surface area contributed by atoms with Crippen LogP contribution in [-0.2, 0) is 16.1 Å². The van der Waals surface area contributed by atoms with Crippen molar-refractivity contribution in [1.82, 2.24) is 0 Å². The Hall–Kier alpha value is -3.74. The molecule has 0 amide bonds. The lowest BCUT2D eigenvalue weighted by molar-refractivity contribution is -0.138. The van der Waals surface area contributed by atoms with E-state index in [1.165, 1.54) is 18.2 Å². The Balaban J connectivity index is 1.74. The van der Waals surface area contributed by atoms with Crippen LogP contribution in [0, 0.1) is 6.92 Å². The molecule has 0 bridgehead atoms. The third-order valence-electron chi connectivity index (χ3n) is 4.49. The van der Waals surface area contributed by atoms with Crippen LogP contribution in [0.3, 0.4) is 0 Å². The lowest BCUT2D eigenvalue weighted by atomic mass is 10.1. The summed E-state index contributed by atoms with van der Waals surface area (Å²) >= 11 is 0. The zero-order valence-corrected chi connectivity index (χ0v) is 16.9. The molecule has 3 aromatic rings. The van der Waals surface area contributed by atoms with E-state index in [1.54, 1.807) is 44.4 Å². The van der Waals surface area contributed by atoms with Gasteiger partial charge in [0.2, 0.25) is 0 Å². The van der Waals surface area contributed by atoms with Crippen molar-refractivity contribution in [2.45, 2.75) is 20.5 Å². The highest BCUT2D eigenvalue weighted by molar-refractivity contribution is 5.88. The van der Waals surface area contributed by atoms with Crippen molar-refractivity contribution < 1.29 is 28.5 Å². The number of ether oxygens (including phenoxy) is 3. The molecule has 0 aliphatic carbocycles. The van der Waals surface area contributed by atoms with E-state index in [2.05, 4.69) is 0 Å². The molecule has 0 saturated carbocycles. The molecule has 7 nitrogen and oxygen atoms in total. The number of rotatable bonds is 7. The zero-order valence-electron chi connectivity index (χ0n) is 16.9. The van der Waals surface area contributed by atoms with Crippen LogP contribution in [0.5, 0.6) is 17.2 Å². The molecule has 0 radical (unpaired) electrons. The topological polar surface area (TPSA) is 95.2 Å². The van der Waals surface area contributed by atoms with Crippen LogP contribution in [0.25, 0.3) is 17.0 Å². The molecule has 7 heteroatoms. The molecule has 0 spiro atoms. The minimum Gasteiger partial charge on any atom is -0.508 e. The maximum absolute atomic E-state index is 12.2. The molecule has 2 aromatic carbocycles. The number of phenolic OH excluding ortho intramolecular Hbond substituents is 1. The van der Waals surface area contributed by atoms with Crippen molar-refractivity contribution in [2.24, 2.45) is 0 Å². The number of carbonyl (C=O) groups is 1. The monoisotopic (exact) mass is 410 g/mol. The number of benzene rings is 2. The molecule has 0 aliphatic rings. The van der Waals surface area contributed by atoms with Crippen LogP contribution in [0.2, 0.25) is 0 Å². The highest BCUT2D eigenvalue weighted by atomic mass is 16.5. The smallest absolute Gasteiger partial charge is 0.336 e. The number of methoxy groups -OCH3 is 1. The Kier molecular flexibility index (Phi) is 6.41. The highest BCUT2D eigenvalue weighted by Crippen LogP contribution is 2.29. The largest absolute Gasteiger partial charge is 0.508 e. The number of phenols is 1. The normalized spacial score (nSPS) is 11.0. The summed E-state index contributed by atoms with van der Waals surface area (Å²) in [5.41, 5.74) is 1.37. The van der Waals surface area contributed by atoms with Gasteiger partial charge >= 0.3 is 11.6 Å². The molecular weight excluding hydrogens is 388 g/mol. The summed E-state index contributed by atoms with van der Waals surface area (Å²) in [5.74, 6) is 0.638. The lowest BCUT2D eigenvalue weighted by Crippen LogP contribution is -2.06. The van der Waals surface area contributed by atoms with Crippen LogP contribution in [-0.4, -0.2) is 24.8 Å². The molecule has 30 heavy (non-hydrogen) atoms. The number of hydrogen-bond acceptors (Lipinski definition) is 7. The van der Waals surface area contributed by atoms with E-state index in [9.17, 15) is 14.7 Å². The Morgan fingerprint density at radius 2 is 1.97 bits per heavy atom. The first-order valence-corrected chi connectivity index (χ1v) is 9.34. The molecule has 0 unspecified atom stereocenters. The third-order valence-corrected chi connectivity index (χ3v) is 4.49. The van der Waals surface area contributed by atoms with E-state index in [-0.39, 0.29) is 17.9 Å². The van der Waals surface area contributed by atoms with Gasteiger partial charge in [-0.2, -0.15) is 0 Å². The van der Waals surface area contributed by atoms with E-state index in [1.807, 2.05) is 6.92 Å². The molecule has 1 heterocycles. The predicted octanol–water partition coefficient (Wildman–Crippen LogP) is 3.97. The minimum absolute atomic E-state index is 0.0219. The number of esters is 1. The average molecular weight is 410 g/mol. The van der Waals surface area contributed by atoms with E-state index in [4.69, 9.17) is 18.6 Å². The van der Waals surface area contributed by atoms with Gasteiger partial charge in [-0.3, -0.25) is 0 Å². The SMILES string of the molecule is CCOc1cc(/C=C/C(=O)OCc2cc(=O)oc3c(C)c(O)ccc23)ccc1OC. The maximum Gasteiger partial charge on any atom is 0.336 e. The minimum atomic E-state index is -0.584. The van der Waals surface area contributed by atoms with Gasteiger partial charge in [0.1, 0.15) is 17.9 Å². The fourth-order valence-electron chi connectivity index (χ4n) is 2.96. The Labute approximate surface area is 173 Å². The van der Waals surface area contributed by atoms with Gasteiger partial charge in [0.05, 0.1) is 13.7 Å². The molecule has 1 N–H and O–H groups in total. The van der Waals surface area contributed by atoms with Crippen LogP contribution in [0.15, 0.2) is 51.7 Å². The van der Waals surface area contributed by atoms with Gasteiger partial charge in [0.15, 0.2) is 11.5 Å². The zero-order chi connectivity index (χ0) is 21.7. The Bertz CT molecular complexity index is 1160. The number of aryl methyl sites for hydroxylation is 1. The standard InChI is InChI=1S/C23H22O7/c1-4-28-20-11-15(5-9-19(20)27-3)6-10-21(25)29-13-16-12-22(26)30-23-14(2)18(24)8-7-17(16)23/h5-12,24H,4,13H2,1-3H3/b10-6+. The van der Waals surface area contributed by atoms with Crippen molar-refractivity contribution in [3.05, 3.63) is 69.6 Å². The molecule has 0 fully saturated rings. The highest BCUT2D eigenvalue weighted by Gasteiger charge is 2.12. The van der Waals surface area contributed by atoms with Crippen LogP contribution in [0.4, 0.5) is 0 Å². The van der Waals surface area contributed by atoms with E-state index in [0.717, 1.165) is 5.56 Å². The molecule has 0 saturated heterocycles. The Morgan fingerprint density at radius 1 is 1.17 bits per heavy atom. The van der Waals surface area contributed by atoms with Gasteiger partial charge in [-0.15, -0.1) is 0 Å². The second-order valence-electron chi connectivity index (χ2n) is 6.46. The first-order valence-electron chi connectivity index (χ1n) is 9.34. The first-order chi connectivity index (χ1) is 14.4. The molecular formula is C23H22O7. The number of hydrogen-bond donors (Lipinski definition) is 1. The van der Waals surface area contributed by atoms with Crippen molar-refractivity contribution >= 4 is 23.0 Å². The van der Waals surface area contributed by atoms with Gasteiger partial charge < -0.3 is 23.7 Å². The van der Waals surface area contributed by atoms with E-state index >= 15 is 0 Å². The maximum atomic E-state index is 12.2. The van der Waals surface area contributed by atoms with Crippen molar-refractivity contribution in [3.8, 4) is 17.2 Å². The summed E-state index contributed by atoms with van der Waals surface area (Å²) in [6.07, 6.45) is 2.90. The summed E-state index contributed by atoms with van der Waals surface area (Å²) in [5, 5.41) is 10.4. The van der Waals surface area contributed by atoms with E-state index < -0.39 is 11.6 Å². The first kappa shape index (κ1) is 21.0. The second kappa shape index (κ2) is 9.17. The average Bonchev–Trinajstić information content (AvgIpc) is 2.74. The Morgan fingerprint density at radius 3 is 2.70 bits per heavy atom.